The number of hydrogen-bond acceptors (Lipinski definition) is 7. The number of nitro benzene ring substituents is 1. The van der Waals surface area contributed by atoms with Gasteiger partial charge in [0, 0.05) is 29.1 Å². The van der Waals surface area contributed by atoms with Crippen LogP contribution in [0.15, 0.2) is 23.6 Å². The highest BCUT2D eigenvalue weighted by molar-refractivity contribution is 7.09. The highest BCUT2D eigenvalue weighted by atomic mass is 32.1. The van der Waals surface area contributed by atoms with Gasteiger partial charge in [-0.25, -0.2) is 9.78 Å². The van der Waals surface area contributed by atoms with Crippen molar-refractivity contribution >= 4 is 28.9 Å². The minimum absolute atomic E-state index is 0.0869. The normalized spacial score (nSPS) is 10.5. The van der Waals surface area contributed by atoms with E-state index in [-0.39, 0.29) is 36.0 Å². The molecule has 8 nitrogen and oxygen atoms in total. The number of ether oxygens (including phenoxy) is 1. The predicted molar refractivity (Wildman–Crippen MR) is 101 cm³/mol. The lowest BCUT2D eigenvalue weighted by molar-refractivity contribution is -0.385. The topological polar surface area (TPSA) is 103 Å². The molecule has 1 amide bonds. The fraction of sp³-hybridized carbons (Fsp3) is 0.389. The second-order valence-corrected chi connectivity index (χ2v) is 6.77. The monoisotopic (exact) mass is 391 g/mol. The van der Waals surface area contributed by atoms with Gasteiger partial charge in [0.05, 0.1) is 18.1 Å². The molecular formula is C18H21N3O5S. The van der Waals surface area contributed by atoms with Gasteiger partial charge >= 0.3 is 5.97 Å². The Morgan fingerprint density at radius 3 is 2.70 bits per heavy atom. The summed E-state index contributed by atoms with van der Waals surface area (Å²) in [7, 11) is 0. The summed E-state index contributed by atoms with van der Waals surface area (Å²) in [5.41, 5.74) is 0.878. The molecule has 1 aromatic heterocycles. The maximum atomic E-state index is 12.9. The van der Waals surface area contributed by atoms with E-state index < -0.39 is 10.9 Å². The van der Waals surface area contributed by atoms with Crippen LogP contribution in [0.2, 0.25) is 0 Å². The van der Waals surface area contributed by atoms with E-state index in [4.69, 9.17) is 4.74 Å². The molecule has 0 saturated heterocycles. The van der Waals surface area contributed by atoms with Gasteiger partial charge in [-0.05, 0) is 26.3 Å². The van der Waals surface area contributed by atoms with E-state index >= 15 is 0 Å². The first-order chi connectivity index (χ1) is 12.9. The second-order valence-electron chi connectivity index (χ2n) is 5.83. The number of nitrogens with zero attached hydrogens (tertiary/aromatic N) is 3. The summed E-state index contributed by atoms with van der Waals surface area (Å²) in [5.74, 6) is -0.810. The molecule has 9 heteroatoms. The summed E-state index contributed by atoms with van der Waals surface area (Å²) in [6.45, 7) is 6.23. The van der Waals surface area contributed by atoms with Crippen LogP contribution in [-0.4, -0.2) is 39.8 Å². The smallest absolute Gasteiger partial charge is 0.357 e. The Hall–Kier alpha value is -2.81. The summed E-state index contributed by atoms with van der Waals surface area (Å²) < 4.78 is 4.92. The molecule has 1 aromatic carbocycles. The molecule has 0 aliphatic rings. The van der Waals surface area contributed by atoms with Gasteiger partial charge in [-0.15, -0.1) is 11.3 Å². The summed E-state index contributed by atoms with van der Waals surface area (Å²) in [5, 5.41) is 13.3. The highest BCUT2D eigenvalue weighted by Gasteiger charge is 2.21. The number of aryl methyl sites for hydroxylation is 1. The Morgan fingerprint density at radius 1 is 1.33 bits per heavy atom. The van der Waals surface area contributed by atoms with E-state index in [9.17, 15) is 19.7 Å². The molecule has 1 heterocycles. The van der Waals surface area contributed by atoms with Crippen LogP contribution in [0.3, 0.4) is 0 Å². The van der Waals surface area contributed by atoms with Crippen molar-refractivity contribution in [2.75, 3.05) is 13.2 Å². The number of benzene rings is 1. The predicted octanol–water partition coefficient (Wildman–Crippen LogP) is 3.59. The lowest BCUT2D eigenvalue weighted by Gasteiger charge is -2.21. The molecule has 27 heavy (non-hydrogen) atoms. The first-order valence-corrected chi connectivity index (χ1v) is 9.41. The van der Waals surface area contributed by atoms with Crippen LogP contribution in [0.25, 0.3) is 0 Å². The zero-order valence-electron chi connectivity index (χ0n) is 15.4. The van der Waals surface area contributed by atoms with Crippen LogP contribution in [0, 0.1) is 17.0 Å². The molecular weight excluding hydrogens is 370 g/mol. The van der Waals surface area contributed by atoms with E-state index in [1.807, 2.05) is 6.92 Å². The van der Waals surface area contributed by atoms with Crippen molar-refractivity contribution < 1.29 is 19.2 Å². The first-order valence-electron chi connectivity index (χ1n) is 8.53. The minimum Gasteiger partial charge on any atom is -0.461 e. The maximum absolute atomic E-state index is 12.9. The van der Waals surface area contributed by atoms with E-state index in [2.05, 4.69) is 4.98 Å². The average Bonchev–Trinajstić information content (AvgIpc) is 3.10. The van der Waals surface area contributed by atoms with Gasteiger partial charge in [-0.1, -0.05) is 13.0 Å². The summed E-state index contributed by atoms with van der Waals surface area (Å²) in [6.07, 6.45) is 0.718. The van der Waals surface area contributed by atoms with Gasteiger partial charge in [0.25, 0.3) is 11.6 Å². The largest absolute Gasteiger partial charge is 0.461 e. The van der Waals surface area contributed by atoms with Crippen molar-refractivity contribution in [3.63, 3.8) is 0 Å². The lowest BCUT2D eigenvalue weighted by Crippen LogP contribution is -2.31. The summed E-state index contributed by atoms with van der Waals surface area (Å²) >= 11 is 1.27. The van der Waals surface area contributed by atoms with E-state index in [0.29, 0.717) is 17.1 Å². The minimum atomic E-state index is -0.498. The second kappa shape index (κ2) is 9.22. The zero-order valence-corrected chi connectivity index (χ0v) is 16.2. The van der Waals surface area contributed by atoms with Crippen molar-refractivity contribution in [1.29, 1.82) is 0 Å². The van der Waals surface area contributed by atoms with Gasteiger partial charge in [-0.3, -0.25) is 14.9 Å². The SMILES string of the molecule is CCCN(Cc1nc(C(=O)OCC)cs1)C(=O)c1ccc(C)c([N+](=O)[O-])c1. The van der Waals surface area contributed by atoms with Gasteiger partial charge < -0.3 is 9.64 Å². The molecule has 0 atom stereocenters. The van der Waals surface area contributed by atoms with Crippen LogP contribution in [0.5, 0.6) is 0 Å². The molecule has 0 aliphatic heterocycles. The maximum Gasteiger partial charge on any atom is 0.357 e. The highest BCUT2D eigenvalue weighted by Crippen LogP contribution is 2.21. The van der Waals surface area contributed by atoms with Crippen LogP contribution in [-0.2, 0) is 11.3 Å². The molecule has 0 unspecified atom stereocenters. The third-order valence-corrected chi connectivity index (χ3v) is 4.63. The average molecular weight is 391 g/mol. The third-order valence-electron chi connectivity index (χ3n) is 3.80. The van der Waals surface area contributed by atoms with Crippen LogP contribution < -0.4 is 0 Å². The Bertz CT molecular complexity index is 849. The molecule has 2 aromatic rings. The molecule has 0 N–H and O–H groups in total. The number of nitro groups is 1. The molecule has 2 rings (SSSR count). The number of hydrogen-bond donors (Lipinski definition) is 0. The standard InChI is InChI=1S/C18H21N3O5S/c1-4-8-20(10-16-19-14(11-27-16)18(23)26-5-2)17(22)13-7-6-12(3)15(9-13)21(24)25/h6-7,9,11H,4-5,8,10H2,1-3H3. The van der Waals surface area contributed by atoms with E-state index in [1.165, 1.54) is 17.4 Å². The van der Waals surface area contributed by atoms with Crippen molar-refractivity contribution in [2.24, 2.45) is 0 Å². The third kappa shape index (κ3) is 5.10. The Kier molecular flexibility index (Phi) is 7.00. The molecule has 0 fully saturated rings. The number of carbonyl (C=O) groups is 2. The first kappa shape index (κ1) is 20.5. The molecule has 0 aliphatic carbocycles. The van der Waals surface area contributed by atoms with Crippen molar-refractivity contribution in [3.05, 3.63) is 55.5 Å². The van der Waals surface area contributed by atoms with Crippen LogP contribution in [0.4, 0.5) is 5.69 Å². The van der Waals surface area contributed by atoms with Crippen LogP contribution in [0.1, 0.15) is 51.7 Å². The lowest BCUT2D eigenvalue weighted by atomic mass is 10.1. The fourth-order valence-corrected chi connectivity index (χ4v) is 3.27. The van der Waals surface area contributed by atoms with E-state index in [0.717, 1.165) is 6.42 Å². The number of aromatic nitrogens is 1. The Labute approximate surface area is 160 Å². The quantitative estimate of drug-likeness (QED) is 0.387. The Balaban J connectivity index is 2.22. The van der Waals surface area contributed by atoms with Gasteiger partial charge in [-0.2, -0.15) is 0 Å². The summed E-state index contributed by atoms with van der Waals surface area (Å²) in [6, 6.07) is 4.45. The Morgan fingerprint density at radius 2 is 2.07 bits per heavy atom. The molecule has 0 radical (unpaired) electrons. The van der Waals surface area contributed by atoms with Gasteiger partial charge in [0.1, 0.15) is 5.01 Å². The number of amides is 1. The number of rotatable bonds is 8. The molecule has 144 valence electrons. The fourth-order valence-electron chi connectivity index (χ4n) is 2.49. The van der Waals surface area contributed by atoms with Crippen molar-refractivity contribution in [3.8, 4) is 0 Å². The molecule has 0 spiro atoms. The number of carbonyl (C=O) groups excluding carboxylic acids is 2. The van der Waals surface area contributed by atoms with Crippen molar-refractivity contribution in [1.82, 2.24) is 9.88 Å². The molecule has 0 saturated carbocycles. The van der Waals surface area contributed by atoms with E-state index in [1.54, 1.807) is 36.3 Å². The zero-order chi connectivity index (χ0) is 20.0. The summed E-state index contributed by atoms with van der Waals surface area (Å²) in [4.78, 5) is 41.0. The van der Waals surface area contributed by atoms with Gasteiger partial charge in [0.2, 0.25) is 0 Å². The number of thiazole rings is 1. The van der Waals surface area contributed by atoms with Crippen LogP contribution >= 0.6 is 11.3 Å². The van der Waals surface area contributed by atoms with Gasteiger partial charge in [0.15, 0.2) is 5.69 Å². The molecule has 0 bridgehead atoms. The number of esters is 1. The van der Waals surface area contributed by atoms with Crippen molar-refractivity contribution in [2.45, 2.75) is 33.7 Å².